The summed E-state index contributed by atoms with van der Waals surface area (Å²) in [4.78, 5) is 11.4. The van der Waals surface area contributed by atoms with E-state index < -0.39 is 0 Å². The van der Waals surface area contributed by atoms with E-state index in [2.05, 4.69) is 16.0 Å². The molecule has 0 aromatic rings. The third-order valence-corrected chi connectivity index (χ3v) is 3.30. The van der Waals surface area contributed by atoms with Crippen LogP contribution in [0.2, 0.25) is 0 Å². The lowest BCUT2D eigenvalue weighted by atomic mass is 10.3. The molecule has 2 fully saturated rings. The first-order chi connectivity index (χ1) is 7.74. The van der Waals surface area contributed by atoms with Gasteiger partial charge in [-0.25, -0.2) is 0 Å². The van der Waals surface area contributed by atoms with Crippen LogP contribution in [0, 0.1) is 0 Å². The minimum absolute atomic E-state index is 0.0399. The molecule has 0 heterocycles. The molecule has 0 unspecified atom stereocenters. The number of hydrogen-bond donors (Lipinski definition) is 3. The van der Waals surface area contributed by atoms with E-state index in [0.717, 1.165) is 12.8 Å². The van der Waals surface area contributed by atoms with Crippen LogP contribution in [0.15, 0.2) is 0 Å². The normalized spacial score (nSPS) is 20.5. The first-order valence-corrected chi connectivity index (χ1v) is 6.48. The van der Waals surface area contributed by atoms with Crippen LogP contribution in [0.1, 0.15) is 38.5 Å². The molecule has 0 radical (unpaired) electrons. The van der Waals surface area contributed by atoms with Crippen molar-refractivity contribution in [3.05, 3.63) is 0 Å². The van der Waals surface area contributed by atoms with E-state index in [-0.39, 0.29) is 12.5 Å². The lowest BCUT2D eigenvalue weighted by Gasteiger charge is -2.15. The van der Waals surface area contributed by atoms with Gasteiger partial charge in [-0.15, -0.1) is 0 Å². The van der Waals surface area contributed by atoms with Crippen LogP contribution in [0.4, 0.5) is 0 Å². The van der Waals surface area contributed by atoms with Gasteiger partial charge in [-0.1, -0.05) is 12.8 Å². The maximum Gasteiger partial charge on any atom is 0.239 e. The maximum absolute atomic E-state index is 11.4. The van der Waals surface area contributed by atoms with E-state index >= 15 is 0 Å². The number of hydrogen-bond acceptors (Lipinski definition) is 2. The summed E-state index contributed by atoms with van der Waals surface area (Å²) in [6, 6.07) is 0.928. The van der Waals surface area contributed by atoms with Gasteiger partial charge in [0.15, 0.2) is 5.11 Å². The van der Waals surface area contributed by atoms with E-state index in [0.29, 0.717) is 17.2 Å². The number of rotatable bonds is 4. The minimum Gasteiger partial charge on any atom is -0.360 e. The molecule has 1 amide bonds. The predicted octanol–water partition coefficient (Wildman–Crippen LogP) is 0.672. The van der Waals surface area contributed by atoms with Crippen LogP contribution in [-0.4, -0.2) is 29.6 Å². The Morgan fingerprint density at radius 3 is 2.31 bits per heavy atom. The highest BCUT2D eigenvalue weighted by Gasteiger charge is 2.23. The number of carbonyl (C=O) groups is 1. The zero-order valence-corrected chi connectivity index (χ0v) is 10.2. The molecular weight excluding hydrogens is 222 g/mol. The second kappa shape index (κ2) is 5.48. The van der Waals surface area contributed by atoms with Gasteiger partial charge in [-0.2, -0.15) is 0 Å². The Bertz CT molecular complexity index is 272. The number of carbonyl (C=O) groups excluding carboxylic acids is 1. The van der Waals surface area contributed by atoms with Crippen LogP contribution in [-0.2, 0) is 4.79 Å². The average Bonchev–Trinajstić information content (AvgIpc) is 2.91. The Balaban J connectivity index is 1.57. The van der Waals surface area contributed by atoms with Crippen molar-refractivity contribution in [2.75, 3.05) is 6.54 Å². The second-order valence-electron chi connectivity index (χ2n) is 4.65. The van der Waals surface area contributed by atoms with Gasteiger partial charge in [-0.3, -0.25) is 4.79 Å². The molecule has 5 heteroatoms. The molecule has 16 heavy (non-hydrogen) atoms. The molecule has 2 rings (SSSR count). The van der Waals surface area contributed by atoms with Crippen molar-refractivity contribution in [2.24, 2.45) is 0 Å². The summed E-state index contributed by atoms with van der Waals surface area (Å²) in [6.07, 6.45) is 7.18. The fourth-order valence-electron chi connectivity index (χ4n) is 1.97. The van der Waals surface area contributed by atoms with Crippen molar-refractivity contribution in [1.82, 2.24) is 16.0 Å². The molecule has 4 nitrogen and oxygen atoms in total. The first kappa shape index (κ1) is 11.6. The van der Waals surface area contributed by atoms with Crippen molar-refractivity contribution in [3.8, 4) is 0 Å². The predicted molar refractivity (Wildman–Crippen MR) is 67.2 cm³/mol. The van der Waals surface area contributed by atoms with Crippen molar-refractivity contribution >= 4 is 23.2 Å². The standard InChI is InChI=1S/C11H19N3OS/c15-10(13-9-5-6-9)7-12-11(16)14-8-3-1-2-4-8/h8-9H,1-7H2,(H,13,15)(H2,12,14,16). The molecule has 0 aromatic heterocycles. The Morgan fingerprint density at radius 1 is 1.06 bits per heavy atom. The molecule has 2 saturated carbocycles. The Labute approximate surface area is 102 Å². The molecule has 3 N–H and O–H groups in total. The summed E-state index contributed by atoms with van der Waals surface area (Å²) < 4.78 is 0. The highest BCUT2D eigenvalue weighted by Crippen LogP contribution is 2.18. The van der Waals surface area contributed by atoms with Gasteiger partial charge < -0.3 is 16.0 Å². The lowest BCUT2D eigenvalue weighted by molar-refractivity contribution is -0.120. The van der Waals surface area contributed by atoms with Crippen molar-refractivity contribution in [2.45, 2.75) is 50.6 Å². The summed E-state index contributed by atoms with van der Waals surface area (Å²) in [5, 5.41) is 9.72. The number of amides is 1. The highest BCUT2D eigenvalue weighted by atomic mass is 32.1. The summed E-state index contributed by atoms with van der Waals surface area (Å²) in [7, 11) is 0. The maximum atomic E-state index is 11.4. The molecule has 0 bridgehead atoms. The van der Waals surface area contributed by atoms with Gasteiger partial charge >= 0.3 is 0 Å². The van der Waals surface area contributed by atoms with Gasteiger partial charge in [0.1, 0.15) is 0 Å². The van der Waals surface area contributed by atoms with E-state index in [1.165, 1.54) is 25.7 Å². The van der Waals surface area contributed by atoms with Crippen LogP contribution < -0.4 is 16.0 Å². The summed E-state index contributed by atoms with van der Waals surface area (Å²) >= 11 is 5.14. The number of thiocarbonyl (C=S) groups is 1. The SMILES string of the molecule is O=C(CNC(=S)NC1CCCC1)NC1CC1. The van der Waals surface area contributed by atoms with Gasteiger partial charge in [0.2, 0.25) is 5.91 Å². The first-order valence-electron chi connectivity index (χ1n) is 6.08. The summed E-state index contributed by atoms with van der Waals surface area (Å²) in [5.41, 5.74) is 0. The van der Waals surface area contributed by atoms with Crippen molar-refractivity contribution in [1.29, 1.82) is 0 Å². The zero-order chi connectivity index (χ0) is 11.4. The fourth-order valence-corrected chi connectivity index (χ4v) is 2.21. The van der Waals surface area contributed by atoms with Gasteiger partial charge in [0, 0.05) is 12.1 Å². The highest BCUT2D eigenvalue weighted by molar-refractivity contribution is 7.80. The molecule has 0 atom stereocenters. The van der Waals surface area contributed by atoms with E-state index in [9.17, 15) is 4.79 Å². The van der Waals surface area contributed by atoms with Gasteiger partial charge in [0.25, 0.3) is 0 Å². The lowest BCUT2D eigenvalue weighted by Crippen LogP contribution is -2.45. The molecule has 0 aromatic carbocycles. The third-order valence-electron chi connectivity index (χ3n) is 3.04. The zero-order valence-electron chi connectivity index (χ0n) is 9.42. The summed E-state index contributed by atoms with van der Waals surface area (Å²) in [5.74, 6) is 0.0399. The van der Waals surface area contributed by atoms with E-state index in [4.69, 9.17) is 12.2 Å². The molecule has 0 saturated heterocycles. The Hall–Kier alpha value is -0.840. The largest absolute Gasteiger partial charge is 0.360 e. The third kappa shape index (κ3) is 3.96. The Morgan fingerprint density at radius 2 is 1.69 bits per heavy atom. The van der Waals surface area contributed by atoms with E-state index in [1.54, 1.807) is 0 Å². The van der Waals surface area contributed by atoms with Crippen LogP contribution in [0.25, 0.3) is 0 Å². The van der Waals surface area contributed by atoms with E-state index in [1.807, 2.05) is 0 Å². The second-order valence-corrected chi connectivity index (χ2v) is 5.06. The number of nitrogens with one attached hydrogen (secondary N) is 3. The van der Waals surface area contributed by atoms with Gasteiger partial charge in [-0.05, 0) is 37.9 Å². The molecule has 2 aliphatic carbocycles. The molecule has 0 spiro atoms. The van der Waals surface area contributed by atoms with Crippen molar-refractivity contribution in [3.63, 3.8) is 0 Å². The van der Waals surface area contributed by atoms with Crippen LogP contribution in [0.5, 0.6) is 0 Å². The Kier molecular flexibility index (Phi) is 3.98. The van der Waals surface area contributed by atoms with Gasteiger partial charge in [0.05, 0.1) is 6.54 Å². The quantitative estimate of drug-likeness (QED) is 0.633. The van der Waals surface area contributed by atoms with Crippen LogP contribution in [0.3, 0.4) is 0 Å². The summed E-state index contributed by atoms with van der Waals surface area (Å²) in [6.45, 7) is 0.287. The molecule has 90 valence electrons. The minimum atomic E-state index is 0.0399. The monoisotopic (exact) mass is 241 g/mol. The molecular formula is C11H19N3OS. The smallest absolute Gasteiger partial charge is 0.239 e. The average molecular weight is 241 g/mol. The molecule has 0 aliphatic heterocycles. The topological polar surface area (TPSA) is 53.2 Å². The van der Waals surface area contributed by atoms with Crippen molar-refractivity contribution < 1.29 is 4.79 Å². The fraction of sp³-hybridized carbons (Fsp3) is 0.818. The van der Waals surface area contributed by atoms with Crippen LogP contribution >= 0.6 is 12.2 Å². The molecule has 2 aliphatic rings.